The molecule has 0 radical (unpaired) electrons. The van der Waals surface area contributed by atoms with Gasteiger partial charge < -0.3 is 10.2 Å². The van der Waals surface area contributed by atoms with Gasteiger partial charge in [-0.15, -0.1) is 24.8 Å². The van der Waals surface area contributed by atoms with Crippen molar-refractivity contribution in [3.8, 4) is 0 Å². The summed E-state index contributed by atoms with van der Waals surface area (Å²) in [5.41, 5.74) is 1.27. The van der Waals surface area contributed by atoms with Gasteiger partial charge in [0.1, 0.15) is 0 Å². The Morgan fingerprint density at radius 2 is 1.89 bits per heavy atom. The van der Waals surface area contributed by atoms with Gasteiger partial charge in [-0.2, -0.15) is 5.10 Å². The van der Waals surface area contributed by atoms with Gasteiger partial charge in [0.2, 0.25) is 0 Å². The summed E-state index contributed by atoms with van der Waals surface area (Å²) in [6.45, 7) is 13.0. The summed E-state index contributed by atoms with van der Waals surface area (Å²) in [5, 5.41) is 7.72. The van der Waals surface area contributed by atoms with Gasteiger partial charge in [0.15, 0.2) is 0 Å². The van der Waals surface area contributed by atoms with Crippen LogP contribution in [0.25, 0.3) is 0 Å². The summed E-state index contributed by atoms with van der Waals surface area (Å²) in [6, 6.07) is 0. The third-order valence-corrected chi connectivity index (χ3v) is 3.06. The van der Waals surface area contributed by atoms with E-state index in [9.17, 15) is 0 Å². The first-order chi connectivity index (χ1) is 8.30. The SMILES string of the molecule is CCN(CC)CCCNCc1cnn(CC)c1.Cl.Cl. The molecule has 0 aliphatic carbocycles. The molecule has 0 fully saturated rings. The van der Waals surface area contributed by atoms with Crippen LogP contribution in [-0.2, 0) is 13.1 Å². The summed E-state index contributed by atoms with van der Waals surface area (Å²) in [4.78, 5) is 2.46. The molecule has 1 rings (SSSR count). The molecule has 19 heavy (non-hydrogen) atoms. The first-order valence-corrected chi connectivity index (χ1v) is 6.74. The predicted octanol–water partition coefficient (Wildman–Crippen LogP) is 2.57. The number of nitrogens with one attached hydrogen (secondary N) is 1. The van der Waals surface area contributed by atoms with Crippen molar-refractivity contribution >= 4 is 24.8 Å². The van der Waals surface area contributed by atoms with Gasteiger partial charge in [-0.1, -0.05) is 13.8 Å². The molecular formula is C13H28Cl2N4. The Hall–Kier alpha value is -0.290. The van der Waals surface area contributed by atoms with Gasteiger partial charge >= 0.3 is 0 Å². The number of aryl methyl sites for hydroxylation is 1. The van der Waals surface area contributed by atoms with Crippen LogP contribution in [0.1, 0.15) is 32.8 Å². The lowest BCUT2D eigenvalue weighted by Crippen LogP contribution is -2.27. The maximum absolute atomic E-state index is 4.26. The van der Waals surface area contributed by atoms with Crippen LogP contribution in [-0.4, -0.2) is 40.9 Å². The second-order valence-electron chi connectivity index (χ2n) is 4.26. The minimum atomic E-state index is 0. The highest BCUT2D eigenvalue weighted by molar-refractivity contribution is 5.85. The van der Waals surface area contributed by atoms with Crippen LogP contribution in [0, 0.1) is 0 Å². The van der Waals surface area contributed by atoms with Gasteiger partial charge in [0.25, 0.3) is 0 Å². The smallest absolute Gasteiger partial charge is 0.0534 e. The lowest BCUT2D eigenvalue weighted by atomic mass is 10.3. The van der Waals surface area contributed by atoms with Crippen LogP contribution >= 0.6 is 24.8 Å². The fourth-order valence-corrected chi connectivity index (χ4v) is 1.87. The molecule has 0 bridgehead atoms. The van der Waals surface area contributed by atoms with E-state index >= 15 is 0 Å². The Morgan fingerprint density at radius 1 is 1.21 bits per heavy atom. The van der Waals surface area contributed by atoms with Crippen LogP contribution < -0.4 is 5.32 Å². The molecule has 0 aliphatic rings. The zero-order chi connectivity index (χ0) is 12.5. The summed E-state index contributed by atoms with van der Waals surface area (Å²) in [7, 11) is 0. The molecule has 0 aromatic carbocycles. The van der Waals surface area contributed by atoms with E-state index in [0.717, 1.165) is 32.7 Å². The number of hydrogen-bond acceptors (Lipinski definition) is 3. The highest BCUT2D eigenvalue weighted by atomic mass is 35.5. The Bertz CT molecular complexity index is 301. The summed E-state index contributed by atoms with van der Waals surface area (Å²) in [6.07, 6.45) is 5.27. The first-order valence-electron chi connectivity index (χ1n) is 6.74. The summed E-state index contributed by atoms with van der Waals surface area (Å²) >= 11 is 0. The average molecular weight is 311 g/mol. The van der Waals surface area contributed by atoms with E-state index in [1.54, 1.807) is 0 Å². The van der Waals surface area contributed by atoms with Crippen molar-refractivity contribution in [1.82, 2.24) is 20.0 Å². The molecular weight excluding hydrogens is 283 g/mol. The van der Waals surface area contributed by atoms with Crippen LogP contribution in [0.4, 0.5) is 0 Å². The molecule has 0 saturated heterocycles. The molecule has 0 saturated carbocycles. The molecule has 4 nitrogen and oxygen atoms in total. The largest absolute Gasteiger partial charge is 0.313 e. The van der Waals surface area contributed by atoms with Crippen molar-refractivity contribution in [3.05, 3.63) is 18.0 Å². The molecule has 0 aliphatic heterocycles. The van der Waals surface area contributed by atoms with E-state index in [1.165, 1.54) is 18.5 Å². The highest BCUT2D eigenvalue weighted by Crippen LogP contribution is 1.97. The molecule has 0 spiro atoms. The molecule has 6 heteroatoms. The molecule has 1 aromatic rings. The number of hydrogen-bond donors (Lipinski definition) is 1. The van der Waals surface area contributed by atoms with Gasteiger partial charge in [-0.25, -0.2) is 0 Å². The lowest BCUT2D eigenvalue weighted by molar-refractivity contribution is 0.298. The van der Waals surface area contributed by atoms with Gasteiger partial charge in [0.05, 0.1) is 6.20 Å². The van der Waals surface area contributed by atoms with Gasteiger partial charge in [-0.3, -0.25) is 4.68 Å². The molecule has 0 unspecified atom stereocenters. The fourth-order valence-electron chi connectivity index (χ4n) is 1.87. The normalized spacial score (nSPS) is 10.1. The van der Waals surface area contributed by atoms with E-state index in [-0.39, 0.29) is 24.8 Å². The number of rotatable bonds is 9. The van der Waals surface area contributed by atoms with E-state index in [2.05, 4.69) is 42.3 Å². The van der Waals surface area contributed by atoms with Gasteiger partial charge in [-0.05, 0) is 39.5 Å². The fraction of sp³-hybridized carbons (Fsp3) is 0.769. The molecule has 1 N–H and O–H groups in total. The summed E-state index contributed by atoms with van der Waals surface area (Å²) in [5.74, 6) is 0. The van der Waals surface area contributed by atoms with Gasteiger partial charge in [0, 0.05) is 24.8 Å². The Labute approximate surface area is 129 Å². The minimum Gasteiger partial charge on any atom is -0.313 e. The van der Waals surface area contributed by atoms with Crippen molar-refractivity contribution in [3.63, 3.8) is 0 Å². The quantitative estimate of drug-likeness (QED) is 0.712. The van der Waals surface area contributed by atoms with Crippen molar-refractivity contribution < 1.29 is 0 Å². The maximum atomic E-state index is 4.26. The monoisotopic (exact) mass is 310 g/mol. The molecule has 0 atom stereocenters. The predicted molar refractivity (Wildman–Crippen MR) is 86.5 cm³/mol. The van der Waals surface area contributed by atoms with Crippen LogP contribution in [0.15, 0.2) is 12.4 Å². The first kappa shape index (κ1) is 21.0. The van der Waals surface area contributed by atoms with E-state index in [1.807, 2.05) is 10.9 Å². The average Bonchev–Trinajstić information content (AvgIpc) is 2.82. The molecule has 1 aromatic heterocycles. The second-order valence-corrected chi connectivity index (χ2v) is 4.26. The van der Waals surface area contributed by atoms with Crippen molar-refractivity contribution in [2.75, 3.05) is 26.2 Å². The molecule has 0 amide bonds. The Kier molecular flexibility index (Phi) is 14.1. The number of nitrogens with zero attached hydrogens (tertiary/aromatic N) is 3. The van der Waals surface area contributed by atoms with Crippen molar-refractivity contribution in [2.45, 2.75) is 40.3 Å². The van der Waals surface area contributed by atoms with E-state index < -0.39 is 0 Å². The Morgan fingerprint density at radius 3 is 2.42 bits per heavy atom. The zero-order valence-electron chi connectivity index (χ0n) is 12.3. The third-order valence-electron chi connectivity index (χ3n) is 3.06. The van der Waals surface area contributed by atoms with Crippen LogP contribution in [0.2, 0.25) is 0 Å². The van der Waals surface area contributed by atoms with E-state index in [4.69, 9.17) is 0 Å². The Balaban J connectivity index is 0. The number of halogens is 2. The maximum Gasteiger partial charge on any atom is 0.0534 e. The van der Waals surface area contributed by atoms with E-state index in [0.29, 0.717) is 0 Å². The second kappa shape index (κ2) is 12.7. The molecule has 114 valence electrons. The topological polar surface area (TPSA) is 33.1 Å². The third kappa shape index (κ3) is 8.47. The summed E-state index contributed by atoms with van der Waals surface area (Å²) < 4.78 is 1.97. The van der Waals surface area contributed by atoms with Crippen LogP contribution in [0.5, 0.6) is 0 Å². The highest BCUT2D eigenvalue weighted by Gasteiger charge is 1.99. The minimum absolute atomic E-state index is 0. The molecule has 1 heterocycles. The zero-order valence-corrected chi connectivity index (χ0v) is 13.9. The standard InChI is InChI=1S/C13H26N4.2ClH/c1-4-16(5-2)9-7-8-14-10-13-11-15-17(6-3)12-13;;/h11-12,14H,4-10H2,1-3H3;2*1H. The number of aromatic nitrogens is 2. The van der Waals surface area contributed by atoms with Crippen molar-refractivity contribution in [2.24, 2.45) is 0 Å². The lowest BCUT2D eigenvalue weighted by Gasteiger charge is -2.17. The van der Waals surface area contributed by atoms with Crippen molar-refractivity contribution in [1.29, 1.82) is 0 Å². The van der Waals surface area contributed by atoms with Crippen LogP contribution in [0.3, 0.4) is 0 Å².